The predicted octanol–water partition coefficient (Wildman–Crippen LogP) is -0.390. The maximum absolute atomic E-state index is 15.6. The van der Waals surface area contributed by atoms with E-state index in [-0.39, 0.29) is 68.9 Å². The Hall–Kier alpha value is -10.6. The lowest BCUT2D eigenvalue weighted by molar-refractivity contribution is -0.193. The smallest absolute Gasteiger partial charge is 0.475 e. The van der Waals surface area contributed by atoms with Crippen LogP contribution < -0.4 is 75.7 Å². The number of carbonyl (C=O) groups excluding carboxylic acids is 11. The number of hydrogen-bond donors (Lipinski definition) is 20. The minimum atomic E-state index is -5.08. The van der Waals surface area contributed by atoms with Crippen LogP contribution in [-0.4, -0.2) is 235 Å². The number of carboxylic acid groups (broad SMARTS) is 3. The zero-order valence-corrected chi connectivity index (χ0v) is 65.4. The van der Waals surface area contributed by atoms with Crippen molar-refractivity contribution in [1.82, 2.24) is 63.5 Å². The average molecular weight is 1660 g/mol. The second kappa shape index (κ2) is 48.0. The molecule has 0 aliphatic carbocycles. The van der Waals surface area contributed by atoms with Gasteiger partial charge in [-0.3, -0.25) is 62.7 Å². The Bertz CT molecular complexity index is 3530. The molecule has 2 heterocycles. The summed E-state index contributed by atoms with van der Waals surface area (Å²) in [6.07, 6.45) is -15.8. The molecule has 0 radical (unpaired) electrons. The Morgan fingerprint density at radius 2 is 1.05 bits per heavy atom. The second-order valence-electron chi connectivity index (χ2n) is 29.7. The van der Waals surface area contributed by atoms with E-state index in [4.69, 9.17) is 46.9 Å². The predicted molar refractivity (Wildman–Crippen MR) is 391 cm³/mol. The molecule has 2 aromatic rings. The zero-order valence-electron chi connectivity index (χ0n) is 65.4. The molecule has 3 rings (SSSR count). The lowest BCUT2D eigenvalue weighted by Crippen LogP contribution is -2.65. The highest BCUT2D eigenvalue weighted by molar-refractivity contribution is 6.00. The fourth-order valence-electron chi connectivity index (χ4n) is 10.2. The van der Waals surface area contributed by atoms with E-state index in [0.29, 0.717) is 5.56 Å². The minimum absolute atomic E-state index is 0.0186. The SMILES string of the molecule is CC[C@H](C)[C@@H]1NC(=O)[C@@H](CCCN=C(N)N)NC(=O)[C@H](CC(C)C)NC(=O)[C@H]([C@H](O)C(C)C)NC(=O)[C@@H](NC(=O)[C@H](CC(C)(C)C)NC(=O)[C@H](N)CC(C)(C)C)[C@@H](c2ccccc2)NC(=O)[C@H](CO)NC(=O)[C@H](Cc2cccnc2)NC(=O)CNC(=O)[C@H]([C@H](C)O)NC1=O.O=C(O)C(F)(F)F.O=C(O)C(F)(F)F.O=C(O)C(F)(F)F. The van der Waals surface area contributed by atoms with Crippen LogP contribution in [0.2, 0.25) is 0 Å². The number of aliphatic imine (C=N–C) groups is 1. The van der Waals surface area contributed by atoms with Crippen LogP contribution in [-0.2, 0) is 73.5 Å². The lowest BCUT2D eigenvalue weighted by Gasteiger charge is -2.35. The number of nitrogens with one attached hydrogen (secondary N) is 11. The maximum atomic E-state index is 15.6. The number of guanidine groups is 1. The molecule has 36 nitrogen and oxygen atoms in total. The van der Waals surface area contributed by atoms with E-state index in [2.05, 4.69) is 68.5 Å². The Kier molecular flexibility index (Phi) is 43.5. The largest absolute Gasteiger partial charge is 0.490 e. The van der Waals surface area contributed by atoms with Gasteiger partial charge in [0.2, 0.25) is 65.0 Å². The molecule has 1 aliphatic heterocycles. The molecule has 1 aromatic carbocycles. The highest BCUT2D eigenvalue weighted by Gasteiger charge is 2.44. The second-order valence-corrected chi connectivity index (χ2v) is 29.7. The number of benzene rings is 1. The summed E-state index contributed by atoms with van der Waals surface area (Å²) >= 11 is 0. The summed E-state index contributed by atoms with van der Waals surface area (Å²) in [6.45, 7) is 20.1. The van der Waals surface area contributed by atoms with Crippen LogP contribution in [0.25, 0.3) is 0 Å². The highest BCUT2D eigenvalue weighted by atomic mass is 19.4. The fraction of sp³-hybridized carbons (Fsp3) is 0.629. The summed E-state index contributed by atoms with van der Waals surface area (Å²) in [5.41, 5.74) is 17.0. The first kappa shape index (κ1) is 104. The number of nitrogens with zero attached hydrogens (tertiary/aromatic N) is 2. The molecule has 1 aromatic heterocycles. The molecule has 14 atom stereocenters. The van der Waals surface area contributed by atoms with Gasteiger partial charge in [-0.1, -0.05) is 126 Å². The van der Waals surface area contributed by atoms with Crippen LogP contribution in [0.15, 0.2) is 59.9 Å². The van der Waals surface area contributed by atoms with Gasteiger partial charge in [0.25, 0.3) is 0 Å². The highest BCUT2D eigenvalue weighted by Crippen LogP contribution is 2.26. The topological polar surface area (TPSA) is 596 Å². The van der Waals surface area contributed by atoms with Gasteiger partial charge in [0, 0.05) is 25.4 Å². The normalized spacial score (nSPS) is 21.7. The summed E-state index contributed by atoms with van der Waals surface area (Å²) in [4.78, 5) is 195. The lowest BCUT2D eigenvalue weighted by atomic mass is 9.86. The fourth-order valence-corrected chi connectivity index (χ4v) is 10.2. The van der Waals surface area contributed by atoms with Crippen molar-refractivity contribution in [1.29, 1.82) is 0 Å². The third-order valence-electron chi connectivity index (χ3n) is 16.1. The van der Waals surface area contributed by atoms with Crippen molar-refractivity contribution >= 4 is 88.8 Å². The molecule has 1 fully saturated rings. The monoisotopic (exact) mass is 1660 g/mol. The van der Waals surface area contributed by atoms with Crippen molar-refractivity contribution in [2.24, 2.45) is 50.8 Å². The first-order chi connectivity index (χ1) is 52.7. The standard InChI is InChI=1S/C64H104N16O14.3C2HF3O2/c1-14-35(6)46-59(92)77-47(36(7)82)58(91)70-31-45(83)71-42(27-37-20-18-24-68-30-37)55(88)75-44(32-81)57(90)78-48(38-21-16-15-17-22-38)49(79-56(89)43(29-64(11,12)13)74-52(85)39(65)28-63(8,9)10)60(93)80-50(51(84)34(4)5)61(94)73-41(26-33(2)3)54(87)72-40(53(86)76-46)23-19-25-69-62(66)67;3*3-2(4,5)1(6)7/h15-18,20-22,24,30,33-36,39-44,46-51,81-82,84H,14,19,23,25-29,31-32,65H2,1-13H3,(H,70,91)(H,71,83)(H,72,87)(H,73,94)(H,74,85)(H,75,88)(H,76,86)(H,77,92)(H,78,90)(H,79,89)(H,80,93)(H4,66,67,69);3*(H,6,7)/t35-,36-,39+,40+,41-,42-,43-,44-,46-,47-,48+,49-,50-,51+;;;/m0.../s1. The van der Waals surface area contributed by atoms with Gasteiger partial charge in [0.1, 0.15) is 54.4 Å². The molecule has 1 aliphatic rings. The van der Waals surface area contributed by atoms with Crippen molar-refractivity contribution < 1.29 is 137 Å². The Labute approximate surface area is 656 Å². The van der Waals surface area contributed by atoms with Crippen molar-refractivity contribution in [2.75, 3.05) is 19.7 Å². The van der Waals surface area contributed by atoms with Gasteiger partial charge < -0.3 is 106 Å². The van der Waals surface area contributed by atoms with E-state index in [1.807, 2.05) is 20.8 Å². The quantitative estimate of drug-likeness (QED) is 0.0327. The molecule has 11 amide bonds. The van der Waals surface area contributed by atoms with Gasteiger partial charge in [-0.05, 0) is 84.8 Å². The first-order valence-corrected chi connectivity index (χ1v) is 35.6. The van der Waals surface area contributed by atoms with Crippen LogP contribution in [0.1, 0.15) is 146 Å². The number of amides is 11. The molecule has 0 saturated carbocycles. The Morgan fingerprint density at radius 3 is 1.50 bits per heavy atom. The van der Waals surface area contributed by atoms with Gasteiger partial charge in [-0.2, -0.15) is 39.5 Å². The van der Waals surface area contributed by atoms with Gasteiger partial charge in [0.15, 0.2) is 5.96 Å². The van der Waals surface area contributed by atoms with Crippen LogP contribution in [0.4, 0.5) is 39.5 Å². The molecule has 115 heavy (non-hydrogen) atoms. The molecule has 23 N–H and O–H groups in total. The minimum Gasteiger partial charge on any atom is -0.475 e. The maximum Gasteiger partial charge on any atom is 0.490 e. The van der Waals surface area contributed by atoms with Crippen molar-refractivity contribution in [2.45, 2.75) is 232 Å². The number of aliphatic hydroxyl groups is 3. The first-order valence-electron chi connectivity index (χ1n) is 35.6. The summed E-state index contributed by atoms with van der Waals surface area (Å²) in [7, 11) is 0. The third-order valence-corrected chi connectivity index (χ3v) is 16.1. The number of carbonyl (C=O) groups is 14. The summed E-state index contributed by atoms with van der Waals surface area (Å²) < 4.78 is 95.2. The molecular weight excluding hydrogens is 1560 g/mol. The van der Waals surface area contributed by atoms with Crippen LogP contribution in [0.3, 0.4) is 0 Å². The number of halogens is 9. The van der Waals surface area contributed by atoms with Gasteiger partial charge >= 0.3 is 36.4 Å². The third kappa shape index (κ3) is 40.8. The molecular formula is C70H107F9N16O20. The number of carboxylic acids is 3. The van der Waals surface area contributed by atoms with E-state index < -0.39 is 216 Å². The molecule has 0 spiro atoms. The number of aliphatic carboxylic acids is 3. The Morgan fingerprint density at radius 1 is 0.583 bits per heavy atom. The van der Waals surface area contributed by atoms with Crippen molar-refractivity contribution in [3.05, 3.63) is 66.0 Å². The number of rotatable bonds is 21. The van der Waals surface area contributed by atoms with Gasteiger partial charge in [-0.25, -0.2) is 14.4 Å². The van der Waals surface area contributed by atoms with Gasteiger partial charge in [-0.15, -0.1) is 0 Å². The summed E-state index contributed by atoms with van der Waals surface area (Å²) in [5.74, 6) is -21.5. The summed E-state index contributed by atoms with van der Waals surface area (Å²) in [6, 6.07) is -7.06. The molecule has 45 heteroatoms. The van der Waals surface area contributed by atoms with E-state index in [1.54, 1.807) is 66.7 Å². The number of alkyl halides is 9. The molecule has 1 saturated heterocycles. The average Bonchev–Trinajstić information content (AvgIpc) is 0.806. The number of aromatic nitrogens is 1. The van der Waals surface area contributed by atoms with Crippen LogP contribution >= 0.6 is 0 Å². The van der Waals surface area contributed by atoms with Gasteiger partial charge in [0.05, 0.1) is 37.4 Å². The van der Waals surface area contributed by atoms with Crippen LogP contribution in [0, 0.1) is 28.6 Å². The zero-order chi connectivity index (χ0) is 89.2. The van der Waals surface area contributed by atoms with Crippen LogP contribution in [0.5, 0.6) is 0 Å². The van der Waals surface area contributed by atoms with E-state index >= 15 is 14.4 Å². The molecule has 650 valence electrons. The number of nitrogens with two attached hydrogens (primary N) is 3. The van der Waals surface area contributed by atoms with Crippen molar-refractivity contribution in [3.63, 3.8) is 0 Å². The number of pyridine rings is 1. The summed E-state index contributed by atoms with van der Waals surface area (Å²) in [5, 5.41) is 83.6. The van der Waals surface area contributed by atoms with E-state index in [0.717, 1.165) is 0 Å². The Balaban J connectivity index is 0.00000540. The molecule has 0 unspecified atom stereocenters. The van der Waals surface area contributed by atoms with Crippen molar-refractivity contribution in [3.8, 4) is 0 Å². The van der Waals surface area contributed by atoms with E-state index in [9.17, 15) is 93.2 Å². The number of aliphatic hydroxyl groups excluding tert-OH is 3. The van der Waals surface area contributed by atoms with E-state index in [1.165, 1.54) is 57.4 Å². The number of hydrogen-bond acceptors (Lipinski definition) is 20. The molecule has 0 bridgehead atoms.